The van der Waals surface area contributed by atoms with E-state index in [4.69, 9.17) is 0 Å². The van der Waals surface area contributed by atoms with E-state index in [9.17, 15) is 0 Å². The molecule has 1 nitrogen and oxygen atoms in total. The monoisotopic (exact) mass is 685 g/mol. The van der Waals surface area contributed by atoms with Crippen LogP contribution in [0.1, 0.15) is 0 Å². The lowest BCUT2D eigenvalue weighted by Crippen LogP contribution is -1.95. The van der Waals surface area contributed by atoms with Crippen molar-refractivity contribution in [3.8, 4) is 50.2 Å². The standard InChI is InChI=1S/C48H31NS2/c1-3-14-32(15-4-1)36-21-13-25-47-48(36)39-20-9-12-24-45(39)50-44-23-11-8-19-38(44)41-31-34(27-29-46(41)51-47)33-26-28-43-40(30-33)37-18-7-10-22-42(37)49(43)35-16-5-2-6-17-35/h1-31H. The number of hydrogen-bond acceptors (Lipinski definition) is 2. The molecule has 1 aliphatic heterocycles. The highest BCUT2D eigenvalue weighted by atomic mass is 32.2. The van der Waals surface area contributed by atoms with Crippen LogP contribution in [0.5, 0.6) is 0 Å². The van der Waals surface area contributed by atoms with Crippen molar-refractivity contribution in [1.29, 1.82) is 0 Å². The topological polar surface area (TPSA) is 4.93 Å². The van der Waals surface area contributed by atoms with E-state index < -0.39 is 0 Å². The van der Waals surface area contributed by atoms with Crippen LogP contribution in [-0.4, -0.2) is 4.57 Å². The molecule has 0 saturated heterocycles. The molecule has 0 unspecified atom stereocenters. The van der Waals surface area contributed by atoms with Crippen molar-refractivity contribution in [3.63, 3.8) is 0 Å². The van der Waals surface area contributed by atoms with Gasteiger partial charge in [0.25, 0.3) is 0 Å². The van der Waals surface area contributed by atoms with Crippen LogP contribution >= 0.6 is 23.5 Å². The molecular weight excluding hydrogens is 655 g/mol. The zero-order chi connectivity index (χ0) is 33.7. The molecule has 1 aromatic heterocycles. The Morgan fingerprint density at radius 3 is 1.73 bits per heavy atom. The molecule has 0 bridgehead atoms. The van der Waals surface area contributed by atoms with E-state index in [1.165, 1.54) is 91.6 Å². The summed E-state index contributed by atoms with van der Waals surface area (Å²) in [4.78, 5) is 5.02. The van der Waals surface area contributed by atoms with Gasteiger partial charge in [-0.2, -0.15) is 0 Å². The third-order valence-corrected chi connectivity index (χ3v) is 12.2. The van der Waals surface area contributed by atoms with Gasteiger partial charge in [-0.15, -0.1) is 0 Å². The molecule has 0 fully saturated rings. The van der Waals surface area contributed by atoms with Crippen LogP contribution in [0.25, 0.3) is 72.0 Å². The first-order valence-electron chi connectivity index (χ1n) is 17.3. The summed E-state index contributed by atoms with van der Waals surface area (Å²) in [6, 6.07) is 68.8. The van der Waals surface area contributed by atoms with Gasteiger partial charge in [0, 0.05) is 41.6 Å². The predicted molar refractivity (Wildman–Crippen MR) is 217 cm³/mol. The minimum absolute atomic E-state index is 1.17. The molecule has 0 spiro atoms. The zero-order valence-electron chi connectivity index (χ0n) is 27.7. The molecule has 51 heavy (non-hydrogen) atoms. The Kier molecular flexibility index (Phi) is 7.41. The van der Waals surface area contributed by atoms with Crippen molar-refractivity contribution >= 4 is 45.3 Å². The van der Waals surface area contributed by atoms with Gasteiger partial charge in [0.05, 0.1) is 11.0 Å². The second kappa shape index (κ2) is 12.5. The number of fused-ring (bicyclic) bond motifs is 9. The first kappa shape index (κ1) is 30.1. The lowest BCUT2D eigenvalue weighted by molar-refractivity contribution is 1.18. The van der Waals surface area contributed by atoms with Crippen LogP contribution in [0.3, 0.4) is 0 Å². The van der Waals surface area contributed by atoms with Crippen LogP contribution in [0.15, 0.2) is 208 Å². The number of aromatic nitrogens is 1. The quantitative estimate of drug-likeness (QED) is 0.182. The minimum atomic E-state index is 1.17. The maximum Gasteiger partial charge on any atom is 0.0541 e. The molecule has 9 aromatic rings. The van der Waals surface area contributed by atoms with Crippen LogP contribution in [-0.2, 0) is 0 Å². The average molecular weight is 686 g/mol. The number of para-hydroxylation sites is 2. The molecule has 240 valence electrons. The van der Waals surface area contributed by atoms with Crippen molar-refractivity contribution in [2.75, 3.05) is 0 Å². The van der Waals surface area contributed by atoms with Gasteiger partial charge in [0.1, 0.15) is 0 Å². The van der Waals surface area contributed by atoms with Gasteiger partial charge in [0.2, 0.25) is 0 Å². The SMILES string of the molecule is c1ccc(-c2cccc3c2-c2ccccc2Sc2ccccc2-c2cc(-c4ccc5c(c4)c4ccccc4n5-c4ccccc4)ccc2S3)cc1. The second-order valence-corrected chi connectivity index (χ2v) is 15.0. The third kappa shape index (κ3) is 5.20. The van der Waals surface area contributed by atoms with Gasteiger partial charge < -0.3 is 4.57 Å². The average Bonchev–Trinajstić information content (AvgIpc) is 3.53. The summed E-state index contributed by atoms with van der Waals surface area (Å²) in [6.07, 6.45) is 0. The Morgan fingerprint density at radius 1 is 0.314 bits per heavy atom. The molecule has 0 N–H and O–H groups in total. The van der Waals surface area contributed by atoms with Gasteiger partial charge in [-0.3, -0.25) is 0 Å². The van der Waals surface area contributed by atoms with Crippen molar-refractivity contribution < 1.29 is 0 Å². The summed E-state index contributed by atoms with van der Waals surface area (Å²) in [5, 5.41) is 2.52. The highest BCUT2D eigenvalue weighted by Crippen LogP contribution is 2.51. The molecular formula is C48H31NS2. The molecule has 8 aromatic carbocycles. The Labute approximate surface area is 306 Å². The second-order valence-electron chi connectivity index (χ2n) is 12.9. The molecule has 0 aliphatic carbocycles. The smallest absolute Gasteiger partial charge is 0.0541 e. The first-order chi connectivity index (χ1) is 25.3. The van der Waals surface area contributed by atoms with Crippen LogP contribution < -0.4 is 0 Å². The van der Waals surface area contributed by atoms with Crippen LogP contribution in [0.4, 0.5) is 0 Å². The van der Waals surface area contributed by atoms with Gasteiger partial charge in [-0.05, 0) is 99.6 Å². The fourth-order valence-electron chi connectivity index (χ4n) is 7.55. The molecule has 0 radical (unpaired) electrons. The summed E-state index contributed by atoms with van der Waals surface area (Å²) >= 11 is 3.74. The summed E-state index contributed by atoms with van der Waals surface area (Å²) in [5.41, 5.74) is 13.6. The molecule has 3 heteroatoms. The zero-order valence-corrected chi connectivity index (χ0v) is 29.3. The Balaban J connectivity index is 1.17. The lowest BCUT2D eigenvalue weighted by atomic mass is 9.94. The molecule has 1 aliphatic rings. The molecule has 0 saturated carbocycles. The van der Waals surface area contributed by atoms with Gasteiger partial charge >= 0.3 is 0 Å². The highest BCUT2D eigenvalue weighted by Gasteiger charge is 2.22. The highest BCUT2D eigenvalue weighted by molar-refractivity contribution is 8.00. The van der Waals surface area contributed by atoms with Gasteiger partial charge in [-0.25, -0.2) is 0 Å². The van der Waals surface area contributed by atoms with Crippen molar-refractivity contribution in [1.82, 2.24) is 4.57 Å². The Hall–Kier alpha value is -5.74. The lowest BCUT2D eigenvalue weighted by Gasteiger charge is -2.22. The third-order valence-electron chi connectivity index (χ3n) is 9.88. The molecule has 10 rings (SSSR count). The van der Waals surface area contributed by atoms with E-state index in [2.05, 4.69) is 193 Å². The molecule has 2 heterocycles. The fourth-order valence-corrected chi connectivity index (χ4v) is 9.76. The molecule has 0 atom stereocenters. The Morgan fingerprint density at radius 2 is 0.882 bits per heavy atom. The summed E-state index contributed by atoms with van der Waals surface area (Å²) in [5.74, 6) is 0. The van der Waals surface area contributed by atoms with E-state index in [0.29, 0.717) is 0 Å². The van der Waals surface area contributed by atoms with Crippen LogP contribution in [0.2, 0.25) is 0 Å². The molecule has 0 amide bonds. The largest absolute Gasteiger partial charge is 0.309 e. The first-order valence-corrected chi connectivity index (χ1v) is 18.9. The van der Waals surface area contributed by atoms with E-state index in [1.807, 2.05) is 23.5 Å². The number of nitrogens with zero attached hydrogens (tertiary/aromatic N) is 1. The van der Waals surface area contributed by atoms with Crippen molar-refractivity contribution in [2.45, 2.75) is 19.6 Å². The van der Waals surface area contributed by atoms with Crippen molar-refractivity contribution in [3.05, 3.63) is 188 Å². The maximum absolute atomic E-state index is 2.41. The summed E-state index contributed by atoms with van der Waals surface area (Å²) < 4.78 is 2.38. The summed E-state index contributed by atoms with van der Waals surface area (Å²) in [6.45, 7) is 0. The van der Waals surface area contributed by atoms with Crippen LogP contribution in [0, 0.1) is 0 Å². The predicted octanol–water partition coefficient (Wildman–Crippen LogP) is 14.1. The number of hydrogen-bond donors (Lipinski definition) is 0. The number of benzene rings is 8. The van der Waals surface area contributed by atoms with E-state index >= 15 is 0 Å². The summed E-state index contributed by atoms with van der Waals surface area (Å²) in [7, 11) is 0. The Bertz CT molecular complexity index is 2740. The fraction of sp³-hybridized carbons (Fsp3) is 0. The van der Waals surface area contributed by atoms with E-state index in [0.717, 1.165) is 0 Å². The maximum atomic E-state index is 2.41. The number of rotatable bonds is 3. The van der Waals surface area contributed by atoms with E-state index in [-0.39, 0.29) is 0 Å². The normalized spacial score (nSPS) is 12.2. The van der Waals surface area contributed by atoms with Gasteiger partial charge in [-0.1, -0.05) is 151 Å². The van der Waals surface area contributed by atoms with E-state index in [1.54, 1.807) is 0 Å². The minimum Gasteiger partial charge on any atom is -0.309 e. The van der Waals surface area contributed by atoms with Gasteiger partial charge in [0.15, 0.2) is 0 Å². The van der Waals surface area contributed by atoms with Crippen molar-refractivity contribution in [2.24, 2.45) is 0 Å².